The summed E-state index contributed by atoms with van der Waals surface area (Å²) in [6.45, 7) is 7.37. The van der Waals surface area contributed by atoms with Gasteiger partial charge in [0.05, 0.1) is 7.11 Å². The smallest absolute Gasteiger partial charge is 0.150 e. The molecule has 0 fully saturated rings. The molecule has 0 spiro atoms. The van der Waals surface area contributed by atoms with Crippen molar-refractivity contribution in [1.29, 1.82) is 0 Å². The van der Waals surface area contributed by atoms with Crippen LogP contribution in [0.5, 0.6) is 5.75 Å². The van der Waals surface area contributed by atoms with E-state index in [9.17, 15) is 4.79 Å². The van der Waals surface area contributed by atoms with Gasteiger partial charge in [-0.2, -0.15) is 0 Å². The molecule has 0 saturated carbocycles. The summed E-state index contributed by atoms with van der Waals surface area (Å²) in [5, 5.41) is 0. The van der Waals surface area contributed by atoms with Crippen LogP contribution < -0.4 is 4.74 Å². The zero-order valence-corrected chi connectivity index (χ0v) is 12.0. The predicted octanol–water partition coefficient (Wildman–Crippen LogP) is 3.13. The van der Waals surface area contributed by atoms with E-state index in [4.69, 9.17) is 4.74 Å². The molecule has 100 valence electrons. The zero-order chi connectivity index (χ0) is 13.8. The summed E-state index contributed by atoms with van der Waals surface area (Å²) < 4.78 is 5.35. The molecule has 3 nitrogen and oxygen atoms in total. The number of carbonyl (C=O) groups excluding carboxylic acids is 1. The molecular weight excluding hydrogens is 226 g/mol. The third kappa shape index (κ3) is 3.33. The third-order valence-electron chi connectivity index (χ3n) is 3.75. The van der Waals surface area contributed by atoms with Crippen molar-refractivity contribution in [2.45, 2.75) is 39.3 Å². The van der Waals surface area contributed by atoms with Gasteiger partial charge >= 0.3 is 0 Å². The maximum atomic E-state index is 10.8. The van der Waals surface area contributed by atoms with Crippen LogP contribution in [0.3, 0.4) is 0 Å². The number of benzene rings is 1. The summed E-state index contributed by atoms with van der Waals surface area (Å²) in [7, 11) is 3.75. The van der Waals surface area contributed by atoms with Gasteiger partial charge in [-0.05, 0) is 45.5 Å². The lowest BCUT2D eigenvalue weighted by atomic mass is 9.98. The minimum atomic E-state index is 0.127. The monoisotopic (exact) mass is 249 g/mol. The quantitative estimate of drug-likeness (QED) is 0.725. The molecule has 0 N–H and O–H groups in total. The van der Waals surface area contributed by atoms with E-state index in [0.29, 0.717) is 5.56 Å². The summed E-state index contributed by atoms with van der Waals surface area (Å²) in [4.78, 5) is 13.1. The highest BCUT2D eigenvalue weighted by atomic mass is 16.5. The Balaban J connectivity index is 2.98. The molecule has 0 amide bonds. The van der Waals surface area contributed by atoms with Gasteiger partial charge in [0.2, 0.25) is 0 Å². The van der Waals surface area contributed by atoms with Gasteiger partial charge in [-0.25, -0.2) is 0 Å². The Morgan fingerprint density at radius 3 is 2.56 bits per heavy atom. The van der Waals surface area contributed by atoms with E-state index in [0.717, 1.165) is 30.6 Å². The van der Waals surface area contributed by atoms with Gasteiger partial charge in [0.1, 0.15) is 12.0 Å². The molecule has 0 saturated heterocycles. The van der Waals surface area contributed by atoms with E-state index >= 15 is 0 Å². The first-order chi connectivity index (χ1) is 8.44. The summed E-state index contributed by atoms with van der Waals surface area (Å²) >= 11 is 0. The minimum absolute atomic E-state index is 0.127. The average Bonchev–Trinajstić information content (AvgIpc) is 2.38. The van der Waals surface area contributed by atoms with Crippen molar-refractivity contribution in [3.63, 3.8) is 0 Å². The molecule has 1 rings (SSSR count). The van der Waals surface area contributed by atoms with E-state index in [1.165, 1.54) is 0 Å². The molecule has 0 aliphatic rings. The average molecular weight is 249 g/mol. The Morgan fingerprint density at radius 2 is 2.06 bits per heavy atom. The van der Waals surface area contributed by atoms with Gasteiger partial charge in [-0.15, -0.1) is 0 Å². The minimum Gasteiger partial charge on any atom is -0.496 e. The summed E-state index contributed by atoms with van der Waals surface area (Å²) in [6.07, 6.45) is 1.94. The van der Waals surface area contributed by atoms with Gasteiger partial charge in [0.15, 0.2) is 0 Å². The summed E-state index contributed by atoms with van der Waals surface area (Å²) in [5.74, 6) is 0.833. The van der Waals surface area contributed by atoms with Crippen molar-refractivity contribution >= 4 is 6.29 Å². The molecule has 0 bridgehead atoms. The van der Waals surface area contributed by atoms with Crippen LogP contribution in [0.2, 0.25) is 0 Å². The molecule has 1 aromatic rings. The van der Waals surface area contributed by atoms with Gasteiger partial charge in [-0.1, -0.05) is 6.92 Å². The van der Waals surface area contributed by atoms with Crippen LogP contribution in [0.4, 0.5) is 0 Å². The standard InChI is InChI=1S/C15H23NO2/c1-6-15(2,3)16(4)10-13-9-12(11-17)7-8-14(13)18-5/h7-9,11H,6,10H2,1-5H3. The molecule has 0 radical (unpaired) electrons. The first kappa shape index (κ1) is 14.7. The fourth-order valence-electron chi connectivity index (χ4n) is 1.73. The molecule has 18 heavy (non-hydrogen) atoms. The van der Waals surface area contributed by atoms with Crippen molar-refractivity contribution in [3.8, 4) is 5.75 Å². The van der Waals surface area contributed by atoms with Gasteiger partial charge < -0.3 is 4.74 Å². The van der Waals surface area contributed by atoms with Crippen LogP contribution in [0, 0.1) is 0 Å². The summed E-state index contributed by atoms with van der Waals surface area (Å²) in [5.41, 5.74) is 1.86. The second-order valence-corrected chi connectivity index (χ2v) is 5.21. The Hall–Kier alpha value is -1.35. The van der Waals surface area contributed by atoms with Gasteiger partial charge in [-0.3, -0.25) is 9.69 Å². The fourth-order valence-corrected chi connectivity index (χ4v) is 1.73. The SMILES string of the molecule is CCC(C)(C)N(C)Cc1cc(C=O)ccc1OC. The molecule has 0 unspecified atom stereocenters. The van der Waals surface area contributed by atoms with E-state index in [1.807, 2.05) is 12.1 Å². The molecule has 0 aromatic heterocycles. The van der Waals surface area contributed by atoms with Gasteiger partial charge in [0, 0.05) is 23.2 Å². The highest BCUT2D eigenvalue weighted by Gasteiger charge is 2.22. The first-order valence-corrected chi connectivity index (χ1v) is 6.28. The van der Waals surface area contributed by atoms with Crippen molar-refractivity contribution in [3.05, 3.63) is 29.3 Å². The number of carbonyl (C=O) groups is 1. The number of nitrogens with zero attached hydrogens (tertiary/aromatic N) is 1. The zero-order valence-electron chi connectivity index (χ0n) is 12.0. The van der Waals surface area contributed by atoms with Crippen molar-refractivity contribution in [1.82, 2.24) is 4.90 Å². The maximum Gasteiger partial charge on any atom is 0.150 e. The molecular formula is C15H23NO2. The van der Waals surface area contributed by atoms with Crippen LogP contribution in [0.25, 0.3) is 0 Å². The highest BCUT2D eigenvalue weighted by molar-refractivity contribution is 5.75. The van der Waals surface area contributed by atoms with Crippen molar-refractivity contribution in [2.75, 3.05) is 14.2 Å². The van der Waals surface area contributed by atoms with Crippen molar-refractivity contribution < 1.29 is 9.53 Å². The van der Waals surface area contributed by atoms with E-state index in [-0.39, 0.29) is 5.54 Å². The largest absolute Gasteiger partial charge is 0.496 e. The molecule has 0 aliphatic carbocycles. The molecule has 0 heterocycles. The summed E-state index contributed by atoms with van der Waals surface area (Å²) in [6, 6.07) is 5.53. The Bertz CT molecular complexity index is 413. The Kier molecular flexibility index (Phi) is 4.91. The van der Waals surface area contributed by atoms with Crippen LogP contribution in [-0.2, 0) is 6.54 Å². The Morgan fingerprint density at radius 1 is 1.39 bits per heavy atom. The highest BCUT2D eigenvalue weighted by Crippen LogP contribution is 2.25. The van der Waals surface area contributed by atoms with E-state index < -0.39 is 0 Å². The van der Waals surface area contributed by atoms with Crippen molar-refractivity contribution in [2.24, 2.45) is 0 Å². The Labute approximate surface area is 110 Å². The predicted molar refractivity (Wildman–Crippen MR) is 74.2 cm³/mol. The van der Waals surface area contributed by atoms with Gasteiger partial charge in [0.25, 0.3) is 0 Å². The number of methoxy groups -OCH3 is 1. The van der Waals surface area contributed by atoms with Crippen LogP contribution in [-0.4, -0.2) is 30.9 Å². The lowest BCUT2D eigenvalue weighted by molar-refractivity contribution is 0.112. The molecule has 0 atom stereocenters. The number of hydrogen-bond donors (Lipinski definition) is 0. The first-order valence-electron chi connectivity index (χ1n) is 6.28. The number of aldehydes is 1. The fraction of sp³-hybridized carbons (Fsp3) is 0.533. The van der Waals surface area contributed by atoms with E-state index in [2.05, 4.69) is 32.7 Å². The number of hydrogen-bond acceptors (Lipinski definition) is 3. The number of rotatable bonds is 6. The maximum absolute atomic E-state index is 10.8. The third-order valence-corrected chi connectivity index (χ3v) is 3.75. The molecule has 1 aromatic carbocycles. The van der Waals surface area contributed by atoms with Crippen LogP contribution in [0.15, 0.2) is 18.2 Å². The second-order valence-electron chi connectivity index (χ2n) is 5.21. The lowest BCUT2D eigenvalue weighted by Gasteiger charge is -2.35. The van der Waals surface area contributed by atoms with Crippen LogP contribution >= 0.6 is 0 Å². The molecule has 0 aliphatic heterocycles. The van der Waals surface area contributed by atoms with E-state index in [1.54, 1.807) is 13.2 Å². The number of ether oxygens (including phenoxy) is 1. The molecule has 3 heteroatoms. The second kappa shape index (κ2) is 6.01. The normalized spacial score (nSPS) is 11.7. The lowest BCUT2D eigenvalue weighted by Crippen LogP contribution is -2.39. The van der Waals surface area contributed by atoms with Crippen LogP contribution in [0.1, 0.15) is 43.1 Å². The topological polar surface area (TPSA) is 29.5 Å².